The number of carbonyl (C=O) groups is 3. The number of esters is 2. The van der Waals surface area contributed by atoms with E-state index < -0.39 is 22.9 Å². The van der Waals surface area contributed by atoms with Crippen LogP contribution in [0.5, 0.6) is 0 Å². The van der Waals surface area contributed by atoms with Crippen molar-refractivity contribution in [2.24, 2.45) is 10.4 Å². The maximum atomic E-state index is 13.2. The van der Waals surface area contributed by atoms with Crippen molar-refractivity contribution in [1.29, 1.82) is 0 Å². The predicted octanol–water partition coefficient (Wildman–Crippen LogP) is 4.98. The Balaban J connectivity index is 1.99. The van der Waals surface area contributed by atoms with Crippen molar-refractivity contribution in [3.8, 4) is 0 Å². The van der Waals surface area contributed by atoms with E-state index in [0.29, 0.717) is 5.02 Å². The summed E-state index contributed by atoms with van der Waals surface area (Å²) in [4.78, 5) is 43.5. The van der Waals surface area contributed by atoms with Gasteiger partial charge in [-0.3, -0.25) is 4.79 Å². The Kier molecular flexibility index (Phi) is 7.32. The summed E-state index contributed by atoms with van der Waals surface area (Å²) in [6.07, 6.45) is 5.08. The van der Waals surface area contributed by atoms with Crippen LogP contribution >= 0.6 is 11.6 Å². The quantitative estimate of drug-likeness (QED) is 0.607. The van der Waals surface area contributed by atoms with Gasteiger partial charge in [0.2, 0.25) is 11.7 Å². The van der Waals surface area contributed by atoms with Crippen LogP contribution in [-0.2, 0) is 19.1 Å². The fraction of sp³-hybridized carbons (Fsp3) is 0.520. The second-order valence-corrected chi connectivity index (χ2v) is 10.4. The van der Waals surface area contributed by atoms with Crippen LogP contribution in [-0.4, -0.2) is 35.3 Å². The van der Waals surface area contributed by atoms with Crippen molar-refractivity contribution in [2.45, 2.75) is 78.3 Å². The molecule has 33 heavy (non-hydrogen) atoms. The van der Waals surface area contributed by atoms with Gasteiger partial charge in [-0.15, -0.1) is 0 Å². The fourth-order valence-corrected chi connectivity index (χ4v) is 3.99. The van der Waals surface area contributed by atoms with E-state index in [1.807, 2.05) is 20.8 Å². The van der Waals surface area contributed by atoms with Gasteiger partial charge in [-0.25, -0.2) is 14.6 Å². The van der Waals surface area contributed by atoms with E-state index in [9.17, 15) is 14.4 Å². The van der Waals surface area contributed by atoms with Crippen LogP contribution < -0.4 is 5.32 Å². The molecule has 1 aliphatic carbocycles. The number of halogens is 1. The van der Waals surface area contributed by atoms with Crippen LogP contribution in [0.2, 0.25) is 5.02 Å². The topological polar surface area (TPSA) is 94.1 Å². The van der Waals surface area contributed by atoms with Crippen molar-refractivity contribution in [3.63, 3.8) is 0 Å². The summed E-state index contributed by atoms with van der Waals surface area (Å²) in [5.41, 5.74) is -1.71. The van der Waals surface area contributed by atoms with E-state index in [1.165, 1.54) is 12.1 Å². The maximum Gasteiger partial charge on any atom is 0.345 e. The summed E-state index contributed by atoms with van der Waals surface area (Å²) in [6, 6.07) is 6.23. The number of rotatable bonds is 5. The highest BCUT2D eigenvalue weighted by atomic mass is 35.5. The van der Waals surface area contributed by atoms with Crippen LogP contribution in [0.3, 0.4) is 0 Å². The smallest absolute Gasteiger partial charge is 0.345 e. The molecule has 7 nitrogen and oxygen atoms in total. The summed E-state index contributed by atoms with van der Waals surface area (Å²) >= 11 is 5.91. The Morgan fingerprint density at radius 2 is 1.67 bits per heavy atom. The van der Waals surface area contributed by atoms with Crippen molar-refractivity contribution in [3.05, 3.63) is 46.2 Å². The lowest BCUT2D eigenvalue weighted by Gasteiger charge is -2.29. The SMILES string of the molecule is CC(C)(C)N=C1OC(=O)C(C(C)(C)C(=O)NC2CCCCC2)=C1OC(=O)c1ccc(Cl)cc1. The molecule has 0 unspecified atom stereocenters. The number of nitrogens with one attached hydrogen (secondary N) is 1. The zero-order chi connectivity index (χ0) is 24.4. The van der Waals surface area contributed by atoms with E-state index in [4.69, 9.17) is 21.1 Å². The third kappa shape index (κ3) is 6.02. The standard InChI is InChI=1S/C25H31ClN2O5/c1-24(2,3)28-20-19(32-21(29)15-11-13-16(26)14-12-15)18(22(30)33-20)25(4,5)23(31)27-17-9-7-6-8-10-17/h11-14,17H,6-10H2,1-5H3,(H,27,31). The van der Waals surface area contributed by atoms with Gasteiger partial charge in [0.1, 0.15) is 5.57 Å². The second-order valence-electron chi connectivity index (χ2n) is 10.0. The minimum absolute atomic E-state index is 0.0267. The fourth-order valence-electron chi connectivity index (χ4n) is 3.86. The van der Waals surface area contributed by atoms with Gasteiger partial charge in [-0.2, -0.15) is 0 Å². The highest BCUT2D eigenvalue weighted by Gasteiger charge is 2.48. The summed E-state index contributed by atoms with van der Waals surface area (Å²) in [5.74, 6) is -2.01. The zero-order valence-corrected chi connectivity index (χ0v) is 20.5. The largest absolute Gasteiger partial charge is 0.416 e. The summed E-state index contributed by atoms with van der Waals surface area (Å²) < 4.78 is 11.0. The number of ether oxygens (including phenoxy) is 2. The Morgan fingerprint density at radius 3 is 2.24 bits per heavy atom. The average molecular weight is 475 g/mol. The second kappa shape index (κ2) is 9.67. The van der Waals surface area contributed by atoms with Crippen LogP contribution in [0.25, 0.3) is 0 Å². The molecule has 0 spiro atoms. The van der Waals surface area contributed by atoms with E-state index >= 15 is 0 Å². The average Bonchev–Trinajstić information content (AvgIpc) is 3.02. The number of benzene rings is 1. The zero-order valence-electron chi connectivity index (χ0n) is 19.8. The lowest BCUT2D eigenvalue weighted by molar-refractivity contribution is -0.136. The number of hydrogen-bond acceptors (Lipinski definition) is 6. The molecule has 1 aliphatic heterocycles. The van der Waals surface area contributed by atoms with Crippen LogP contribution in [0, 0.1) is 5.41 Å². The van der Waals surface area contributed by atoms with Crippen molar-refractivity contribution in [2.75, 3.05) is 0 Å². The molecule has 0 atom stereocenters. The molecule has 3 rings (SSSR count). The maximum absolute atomic E-state index is 13.2. The first-order valence-corrected chi connectivity index (χ1v) is 11.6. The molecule has 0 saturated heterocycles. The molecule has 8 heteroatoms. The van der Waals surface area contributed by atoms with Crippen LogP contribution in [0.1, 0.15) is 77.1 Å². The van der Waals surface area contributed by atoms with Crippen molar-refractivity contribution >= 4 is 35.3 Å². The Bertz CT molecular complexity index is 997. The molecule has 1 aromatic rings. The summed E-state index contributed by atoms with van der Waals surface area (Å²) in [6.45, 7) is 8.72. The minimum Gasteiger partial charge on any atom is -0.416 e. The molecule has 1 N–H and O–H groups in total. The summed E-state index contributed by atoms with van der Waals surface area (Å²) in [5, 5.41) is 3.53. The minimum atomic E-state index is -1.31. The predicted molar refractivity (Wildman–Crippen MR) is 126 cm³/mol. The van der Waals surface area contributed by atoms with Gasteiger partial charge in [0.05, 0.1) is 16.5 Å². The number of cyclic esters (lactones) is 1. The molecule has 1 aromatic carbocycles. The number of nitrogens with zero attached hydrogens (tertiary/aromatic N) is 1. The lowest BCUT2D eigenvalue weighted by atomic mass is 9.82. The Labute approximate surface area is 199 Å². The first-order chi connectivity index (χ1) is 15.4. The van der Waals surface area contributed by atoms with Gasteiger partial charge in [0.25, 0.3) is 5.90 Å². The molecular formula is C25H31ClN2O5. The van der Waals surface area contributed by atoms with E-state index in [-0.39, 0.29) is 34.7 Å². The molecular weight excluding hydrogens is 444 g/mol. The first-order valence-electron chi connectivity index (χ1n) is 11.2. The molecule has 0 aromatic heterocycles. The van der Waals surface area contributed by atoms with Gasteiger partial charge in [-0.1, -0.05) is 30.9 Å². The normalized spacial score (nSPS) is 19.0. The number of carbonyl (C=O) groups excluding carboxylic acids is 3. The highest BCUT2D eigenvalue weighted by Crippen LogP contribution is 2.37. The summed E-state index contributed by atoms with van der Waals surface area (Å²) in [7, 11) is 0. The van der Waals surface area contributed by atoms with Gasteiger partial charge in [-0.05, 0) is 71.7 Å². The number of aliphatic imine (C=N–C) groups is 1. The first kappa shape index (κ1) is 25.0. The van der Waals surface area contributed by atoms with Crippen LogP contribution in [0.4, 0.5) is 0 Å². The third-order valence-electron chi connectivity index (χ3n) is 5.66. The molecule has 0 radical (unpaired) electrons. The molecule has 0 bridgehead atoms. The lowest BCUT2D eigenvalue weighted by Crippen LogP contribution is -2.45. The Hall–Kier alpha value is -2.67. The van der Waals surface area contributed by atoms with Gasteiger partial charge in [0.15, 0.2) is 0 Å². The Morgan fingerprint density at radius 1 is 1.06 bits per heavy atom. The number of amides is 1. The molecule has 1 amide bonds. The van der Waals surface area contributed by atoms with Gasteiger partial charge < -0.3 is 14.8 Å². The van der Waals surface area contributed by atoms with Crippen LogP contribution in [0.15, 0.2) is 40.6 Å². The molecule has 2 aliphatic rings. The van der Waals surface area contributed by atoms with E-state index in [1.54, 1.807) is 26.0 Å². The van der Waals surface area contributed by atoms with Crippen molar-refractivity contribution in [1.82, 2.24) is 5.32 Å². The number of hydrogen-bond donors (Lipinski definition) is 1. The van der Waals surface area contributed by atoms with Gasteiger partial charge >= 0.3 is 11.9 Å². The molecule has 1 heterocycles. The third-order valence-corrected chi connectivity index (χ3v) is 5.91. The molecule has 1 fully saturated rings. The van der Waals surface area contributed by atoms with Crippen molar-refractivity contribution < 1.29 is 23.9 Å². The molecule has 1 saturated carbocycles. The highest BCUT2D eigenvalue weighted by molar-refractivity contribution is 6.30. The monoisotopic (exact) mass is 474 g/mol. The molecule has 178 valence electrons. The van der Waals surface area contributed by atoms with E-state index in [0.717, 1.165) is 32.1 Å². The van der Waals surface area contributed by atoms with Gasteiger partial charge in [0, 0.05) is 11.1 Å². The van der Waals surface area contributed by atoms with E-state index in [2.05, 4.69) is 10.3 Å².